The fourth-order valence-corrected chi connectivity index (χ4v) is 8.03. The Morgan fingerprint density at radius 1 is 0.804 bits per heavy atom. The fraction of sp³-hybridized carbons (Fsp3) is 0.393. The van der Waals surface area contributed by atoms with Crippen LogP contribution >= 0.6 is 90.4 Å². The van der Waals surface area contributed by atoms with E-state index in [1.54, 1.807) is 12.1 Å². The van der Waals surface area contributed by atoms with Gasteiger partial charge in [0.15, 0.2) is 5.75 Å². The number of aromatic hydroxyl groups is 1. The van der Waals surface area contributed by atoms with Gasteiger partial charge >= 0.3 is 11.9 Å². The lowest BCUT2D eigenvalue weighted by Crippen LogP contribution is -2.52. The first-order valence-corrected chi connectivity index (χ1v) is 17.7. The first kappa shape index (κ1) is 38.7. The van der Waals surface area contributed by atoms with Crippen molar-refractivity contribution in [2.45, 2.75) is 12.5 Å². The molecule has 0 aliphatic carbocycles. The number of benzene rings is 2. The van der Waals surface area contributed by atoms with Crippen molar-refractivity contribution >= 4 is 120 Å². The summed E-state index contributed by atoms with van der Waals surface area (Å²) in [6.07, 6.45) is 0.128. The molecule has 0 saturated carbocycles. The van der Waals surface area contributed by atoms with Crippen molar-refractivity contribution in [3.05, 3.63) is 44.1 Å². The zero-order valence-corrected chi connectivity index (χ0v) is 32.9. The van der Waals surface area contributed by atoms with Gasteiger partial charge in [0.05, 0.1) is 21.4 Å². The van der Waals surface area contributed by atoms with Crippen molar-refractivity contribution in [3.8, 4) is 17.2 Å². The second kappa shape index (κ2) is 18.7. The third-order valence-corrected chi connectivity index (χ3v) is 9.67. The number of esters is 1. The van der Waals surface area contributed by atoms with Crippen LogP contribution in [0.1, 0.15) is 5.56 Å². The van der Waals surface area contributed by atoms with Crippen LogP contribution < -0.4 is 10.1 Å². The standard InChI is InChI=1S/C28H29I4N3O11/c1-43-28(42)21(8-15-6-19(31)27(20(32)7-15)46-16-9-17(29)26(41)18(30)10-16)33-22(36)11-44-12-23(37)34-2-4-35(5-3-34)24(38)13-45-14-25(39)40/h6-7,9-10,21,41H,2-5,8,11-14H2,1H3,(H,33,36)(H,39,40). The maximum absolute atomic E-state index is 12.6. The van der Waals surface area contributed by atoms with Crippen LogP contribution in [0.4, 0.5) is 0 Å². The van der Waals surface area contributed by atoms with E-state index in [-0.39, 0.29) is 63.4 Å². The number of carboxylic acids is 1. The molecule has 3 N–H and O–H groups in total. The van der Waals surface area contributed by atoms with Gasteiger partial charge in [0, 0.05) is 32.6 Å². The van der Waals surface area contributed by atoms with Crippen LogP contribution in [-0.2, 0) is 44.6 Å². The monoisotopic (exact) mass is 1090 g/mol. The summed E-state index contributed by atoms with van der Waals surface area (Å²) in [5.41, 5.74) is 0.744. The van der Waals surface area contributed by atoms with Crippen molar-refractivity contribution in [2.75, 3.05) is 59.7 Å². The molecular formula is C28H29I4N3O11. The second-order valence-electron chi connectivity index (χ2n) is 9.71. The number of piperazine rings is 1. The highest BCUT2D eigenvalue weighted by molar-refractivity contribution is 14.1. The number of amides is 3. The molecule has 14 nitrogen and oxygen atoms in total. The first-order valence-electron chi connectivity index (χ1n) is 13.4. The van der Waals surface area contributed by atoms with Gasteiger partial charge in [-0.15, -0.1) is 0 Å². The summed E-state index contributed by atoms with van der Waals surface area (Å²) in [5, 5.41) is 21.2. The molecule has 1 unspecified atom stereocenters. The smallest absolute Gasteiger partial charge is 0.329 e. The van der Waals surface area contributed by atoms with E-state index in [0.717, 1.165) is 12.7 Å². The zero-order valence-electron chi connectivity index (χ0n) is 24.2. The second-order valence-corrected chi connectivity index (χ2v) is 14.4. The third kappa shape index (κ3) is 11.7. The average molecular weight is 1090 g/mol. The number of carboxylic acid groups (broad SMARTS) is 1. The summed E-state index contributed by atoms with van der Waals surface area (Å²) in [6.45, 7) is -0.765. The lowest BCUT2D eigenvalue weighted by atomic mass is 10.1. The summed E-state index contributed by atoms with van der Waals surface area (Å²) in [5.74, 6) is -1.80. The minimum atomic E-state index is -1.17. The van der Waals surface area contributed by atoms with Gasteiger partial charge in [-0.3, -0.25) is 14.4 Å². The van der Waals surface area contributed by atoms with E-state index >= 15 is 0 Å². The molecule has 1 heterocycles. The Bertz CT molecular complexity index is 1420. The van der Waals surface area contributed by atoms with E-state index in [4.69, 9.17) is 24.1 Å². The number of nitrogens with zero attached hydrogens (tertiary/aromatic N) is 2. The maximum Gasteiger partial charge on any atom is 0.329 e. The molecular weight excluding hydrogens is 1060 g/mol. The van der Waals surface area contributed by atoms with Crippen LogP contribution in [-0.4, -0.2) is 115 Å². The topological polar surface area (TPSA) is 181 Å². The zero-order chi connectivity index (χ0) is 34.0. The SMILES string of the molecule is COC(=O)C(Cc1cc(I)c(Oc2cc(I)c(O)c(I)c2)c(I)c1)NC(=O)COCC(=O)N1CCN(C(=O)COCC(=O)O)CC1. The molecule has 1 fully saturated rings. The highest BCUT2D eigenvalue weighted by atomic mass is 127. The number of phenolic OH excluding ortho intramolecular Hbond substituents is 1. The number of aliphatic carboxylic acids is 1. The summed E-state index contributed by atoms with van der Waals surface area (Å²) < 4.78 is 24.0. The molecule has 1 aliphatic heterocycles. The molecule has 3 rings (SSSR count). The Kier molecular flexibility index (Phi) is 15.7. The lowest BCUT2D eigenvalue weighted by Gasteiger charge is -2.34. The molecule has 1 saturated heterocycles. The van der Waals surface area contributed by atoms with Gasteiger partial charge < -0.3 is 44.3 Å². The molecule has 46 heavy (non-hydrogen) atoms. The Morgan fingerprint density at radius 2 is 1.30 bits per heavy atom. The highest BCUT2D eigenvalue weighted by Gasteiger charge is 2.26. The van der Waals surface area contributed by atoms with Crippen molar-refractivity contribution in [3.63, 3.8) is 0 Å². The van der Waals surface area contributed by atoms with Crippen molar-refractivity contribution in [1.82, 2.24) is 15.1 Å². The largest absolute Gasteiger partial charge is 0.506 e. The minimum absolute atomic E-state index is 0.128. The van der Waals surface area contributed by atoms with E-state index in [0.29, 0.717) is 18.6 Å². The Morgan fingerprint density at radius 3 is 1.78 bits per heavy atom. The molecule has 0 radical (unpaired) electrons. The predicted molar refractivity (Wildman–Crippen MR) is 196 cm³/mol. The molecule has 1 aliphatic rings. The molecule has 18 heteroatoms. The number of nitrogens with one attached hydrogen (secondary N) is 1. The summed E-state index contributed by atoms with van der Waals surface area (Å²) in [4.78, 5) is 63.3. The van der Waals surface area contributed by atoms with Crippen molar-refractivity contribution in [1.29, 1.82) is 0 Å². The molecule has 0 bridgehead atoms. The van der Waals surface area contributed by atoms with Crippen LogP contribution in [0.5, 0.6) is 17.2 Å². The highest BCUT2D eigenvalue weighted by Crippen LogP contribution is 2.37. The van der Waals surface area contributed by atoms with Gasteiger partial charge in [-0.2, -0.15) is 0 Å². The number of hydrogen-bond acceptors (Lipinski definition) is 10. The number of hydrogen-bond donors (Lipinski definition) is 3. The van der Waals surface area contributed by atoms with E-state index in [1.807, 2.05) is 57.3 Å². The summed E-state index contributed by atoms with van der Waals surface area (Å²) >= 11 is 8.32. The number of carbonyl (C=O) groups excluding carboxylic acids is 4. The Balaban J connectivity index is 1.50. The van der Waals surface area contributed by atoms with Gasteiger partial charge in [0.2, 0.25) is 17.7 Å². The van der Waals surface area contributed by atoms with Gasteiger partial charge in [-0.1, -0.05) is 0 Å². The van der Waals surface area contributed by atoms with Crippen LogP contribution in [0, 0.1) is 14.3 Å². The summed E-state index contributed by atoms with van der Waals surface area (Å²) in [6, 6.07) is 6.11. The van der Waals surface area contributed by atoms with E-state index in [9.17, 15) is 29.1 Å². The van der Waals surface area contributed by atoms with E-state index < -0.39 is 37.1 Å². The van der Waals surface area contributed by atoms with Crippen LogP contribution in [0.3, 0.4) is 0 Å². The number of halogens is 4. The van der Waals surface area contributed by atoms with Gasteiger partial charge in [-0.05, 0) is 120 Å². The molecule has 2 aromatic rings. The number of rotatable bonds is 14. The lowest BCUT2D eigenvalue weighted by molar-refractivity contribution is -0.149. The maximum atomic E-state index is 12.6. The third-order valence-electron chi connectivity index (χ3n) is 6.42. The van der Waals surface area contributed by atoms with Gasteiger partial charge in [0.1, 0.15) is 44.0 Å². The average Bonchev–Trinajstić information content (AvgIpc) is 3.00. The van der Waals surface area contributed by atoms with Crippen LogP contribution in [0.2, 0.25) is 0 Å². The van der Waals surface area contributed by atoms with Crippen LogP contribution in [0.25, 0.3) is 0 Å². The van der Waals surface area contributed by atoms with Crippen LogP contribution in [0.15, 0.2) is 24.3 Å². The molecule has 1 atom stereocenters. The molecule has 250 valence electrons. The Hall–Kier alpha value is -1.77. The quantitative estimate of drug-likeness (QED) is 0.187. The number of phenols is 1. The first-order chi connectivity index (χ1) is 21.8. The Labute approximate surface area is 318 Å². The minimum Gasteiger partial charge on any atom is -0.506 e. The molecule has 2 aromatic carbocycles. The van der Waals surface area contributed by atoms with Crippen molar-refractivity contribution in [2.24, 2.45) is 0 Å². The van der Waals surface area contributed by atoms with Gasteiger partial charge in [0.25, 0.3) is 0 Å². The number of carbonyl (C=O) groups is 5. The van der Waals surface area contributed by atoms with E-state index in [2.05, 4.69) is 50.5 Å². The fourth-order valence-electron chi connectivity index (χ4n) is 4.20. The normalized spacial score (nSPS) is 13.6. The number of methoxy groups -OCH3 is 1. The van der Waals surface area contributed by atoms with Gasteiger partial charge in [-0.25, -0.2) is 9.59 Å². The summed E-state index contributed by atoms with van der Waals surface area (Å²) in [7, 11) is 1.22. The van der Waals surface area contributed by atoms with E-state index in [1.165, 1.54) is 16.9 Å². The predicted octanol–water partition coefficient (Wildman–Crippen LogP) is 2.59. The van der Waals surface area contributed by atoms with Crippen molar-refractivity contribution < 1.29 is 53.1 Å². The molecule has 3 amide bonds. The molecule has 0 aromatic heterocycles. The number of ether oxygens (including phenoxy) is 4. The molecule has 0 spiro atoms.